The van der Waals surface area contributed by atoms with Crippen LogP contribution in [0.5, 0.6) is 17.2 Å². The fourth-order valence-electron chi connectivity index (χ4n) is 3.46. The first-order valence-corrected chi connectivity index (χ1v) is 11.3. The number of hydrogen-bond donors (Lipinski definition) is 2. The standard InChI is InChI=1S/C27H30N2O6/c1-3-10-23(26(28)30)29(32)27(31)22-16-24(34-18-33-17-20-11-6-4-7-12-20)25(15-19(22)2)35-21-13-8-5-9-14-21/h4-9,11-16,23,32H,3,10,17-18H2,1-2H3,(H2,28,30)/t23-/m0/s1. The van der Waals surface area contributed by atoms with Crippen molar-refractivity contribution in [1.29, 1.82) is 0 Å². The van der Waals surface area contributed by atoms with E-state index in [1.54, 1.807) is 25.1 Å². The van der Waals surface area contributed by atoms with Gasteiger partial charge in [-0.3, -0.25) is 14.8 Å². The maximum Gasteiger partial charge on any atom is 0.278 e. The maximum absolute atomic E-state index is 13.1. The van der Waals surface area contributed by atoms with Crippen LogP contribution in [-0.2, 0) is 16.1 Å². The molecule has 184 valence electrons. The quantitative estimate of drug-likeness (QED) is 0.167. The van der Waals surface area contributed by atoms with Gasteiger partial charge in [-0.1, -0.05) is 61.9 Å². The van der Waals surface area contributed by atoms with Crippen LogP contribution >= 0.6 is 0 Å². The minimum Gasteiger partial charge on any atom is -0.464 e. The van der Waals surface area contributed by atoms with E-state index in [0.717, 1.165) is 5.56 Å². The summed E-state index contributed by atoms with van der Waals surface area (Å²) in [6.07, 6.45) is 0.802. The van der Waals surface area contributed by atoms with E-state index in [1.165, 1.54) is 6.07 Å². The molecule has 0 saturated heterocycles. The Labute approximate surface area is 204 Å². The van der Waals surface area contributed by atoms with Gasteiger partial charge >= 0.3 is 0 Å². The number of benzene rings is 3. The van der Waals surface area contributed by atoms with E-state index < -0.39 is 17.9 Å². The fourth-order valence-corrected chi connectivity index (χ4v) is 3.46. The van der Waals surface area contributed by atoms with Gasteiger partial charge in [0, 0.05) is 5.56 Å². The third-order valence-electron chi connectivity index (χ3n) is 5.30. The fraction of sp³-hybridized carbons (Fsp3) is 0.259. The van der Waals surface area contributed by atoms with Crippen LogP contribution in [0.1, 0.15) is 41.3 Å². The number of hydrogen-bond acceptors (Lipinski definition) is 6. The number of aryl methyl sites for hydroxylation is 1. The van der Waals surface area contributed by atoms with Gasteiger partial charge in [0.15, 0.2) is 18.3 Å². The molecule has 3 rings (SSSR count). The lowest BCUT2D eigenvalue weighted by Gasteiger charge is -2.24. The lowest BCUT2D eigenvalue weighted by molar-refractivity contribution is -0.139. The molecular formula is C27H30N2O6. The van der Waals surface area contributed by atoms with Gasteiger partial charge in [0.05, 0.1) is 6.61 Å². The summed E-state index contributed by atoms with van der Waals surface area (Å²) in [7, 11) is 0. The molecule has 0 aliphatic rings. The summed E-state index contributed by atoms with van der Waals surface area (Å²) in [6, 6.07) is 20.7. The van der Waals surface area contributed by atoms with Crippen LogP contribution in [-0.4, -0.2) is 34.9 Å². The number of rotatable bonds is 12. The second-order valence-electron chi connectivity index (χ2n) is 7.98. The average molecular weight is 479 g/mol. The van der Waals surface area contributed by atoms with Crippen molar-refractivity contribution in [3.8, 4) is 17.2 Å². The van der Waals surface area contributed by atoms with Crippen LogP contribution in [0.15, 0.2) is 72.8 Å². The number of carbonyl (C=O) groups excluding carboxylic acids is 2. The molecule has 1 atom stereocenters. The smallest absolute Gasteiger partial charge is 0.278 e. The zero-order chi connectivity index (χ0) is 25.2. The number of nitrogens with two attached hydrogens (primary N) is 1. The van der Waals surface area contributed by atoms with Crippen molar-refractivity contribution in [1.82, 2.24) is 5.06 Å². The molecule has 0 radical (unpaired) electrons. The van der Waals surface area contributed by atoms with Crippen LogP contribution in [0.3, 0.4) is 0 Å². The van der Waals surface area contributed by atoms with Crippen molar-refractivity contribution in [2.24, 2.45) is 5.73 Å². The number of carbonyl (C=O) groups is 2. The van der Waals surface area contributed by atoms with Crippen molar-refractivity contribution in [3.05, 3.63) is 89.5 Å². The number of primary amides is 1. The molecule has 3 N–H and O–H groups in total. The molecule has 0 saturated carbocycles. The maximum atomic E-state index is 13.1. The summed E-state index contributed by atoms with van der Waals surface area (Å²) >= 11 is 0. The number of hydroxylamine groups is 2. The minimum atomic E-state index is -1.13. The van der Waals surface area contributed by atoms with Gasteiger partial charge in [-0.15, -0.1) is 0 Å². The number of nitrogens with zero attached hydrogens (tertiary/aromatic N) is 1. The summed E-state index contributed by atoms with van der Waals surface area (Å²) < 4.78 is 17.4. The lowest BCUT2D eigenvalue weighted by Crippen LogP contribution is -2.46. The largest absolute Gasteiger partial charge is 0.464 e. The van der Waals surface area contributed by atoms with Gasteiger partial charge in [0.2, 0.25) is 5.91 Å². The van der Waals surface area contributed by atoms with Gasteiger partial charge < -0.3 is 19.9 Å². The van der Waals surface area contributed by atoms with Crippen LogP contribution in [0, 0.1) is 6.92 Å². The lowest BCUT2D eigenvalue weighted by atomic mass is 10.0. The van der Waals surface area contributed by atoms with Gasteiger partial charge in [-0.25, -0.2) is 5.06 Å². The molecule has 3 aromatic carbocycles. The van der Waals surface area contributed by atoms with Crippen molar-refractivity contribution in [2.45, 2.75) is 39.3 Å². The number of para-hydroxylation sites is 1. The molecule has 0 heterocycles. The first-order valence-electron chi connectivity index (χ1n) is 11.3. The van der Waals surface area contributed by atoms with E-state index in [2.05, 4.69) is 0 Å². The molecule has 8 heteroatoms. The van der Waals surface area contributed by atoms with Gasteiger partial charge in [-0.2, -0.15) is 0 Å². The summed E-state index contributed by atoms with van der Waals surface area (Å²) in [5, 5.41) is 10.9. The van der Waals surface area contributed by atoms with Crippen molar-refractivity contribution < 1.29 is 29.0 Å². The summed E-state index contributed by atoms with van der Waals surface area (Å²) in [6.45, 7) is 3.78. The molecule has 0 bridgehead atoms. The first kappa shape index (κ1) is 25.7. The molecular weight excluding hydrogens is 448 g/mol. The molecule has 0 unspecified atom stereocenters. The predicted octanol–water partition coefficient (Wildman–Crippen LogP) is 4.83. The summed E-state index contributed by atoms with van der Waals surface area (Å²) in [5.41, 5.74) is 7.05. The van der Waals surface area contributed by atoms with Crippen LogP contribution in [0.4, 0.5) is 0 Å². The Morgan fingerprint density at radius 3 is 2.29 bits per heavy atom. The summed E-state index contributed by atoms with van der Waals surface area (Å²) in [5.74, 6) is -0.341. The SMILES string of the molecule is CCC[C@@H](C(N)=O)N(O)C(=O)c1cc(OCOCc2ccccc2)c(Oc2ccccc2)cc1C. The third-order valence-corrected chi connectivity index (χ3v) is 5.30. The second-order valence-corrected chi connectivity index (χ2v) is 7.98. The van der Waals surface area contributed by atoms with E-state index in [0.29, 0.717) is 35.2 Å². The van der Waals surface area contributed by atoms with E-state index in [1.807, 2.05) is 55.5 Å². The van der Waals surface area contributed by atoms with E-state index in [4.69, 9.17) is 19.9 Å². The normalized spacial score (nSPS) is 11.5. The highest BCUT2D eigenvalue weighted by molar-refractivity contribution is 5.98. The van der Waals surface area contributed by atoms with E-state index in [9.17, 15) is 14.8 Å². The first-order chi connectivity index (χ1) is 16.9. The van der Waals surface area contributed by atoms with Crippen LogP contribution in [0.2, 0.25) is 0 Å². The highest BCUT2D eigenvalue weighted by Gasteiger charge is 2.29. The summed E-state index contributed by atoms with van der Waals surface area (Å²) in [4.78, 5) is 24.8. The molecule has 0 aliphatic carbocycles. The molecule has 35 heavy (non-hydrogen) atoms. The van der Waals surface area contributed by atoms with Crippen molar-refractivity contribution >= 4 is 11.8 Å². The monoisotopic (exact) mass is 478 g/mol. The van der Waals surface area contributed by atoms with Crippen molar-refractivity contribution in [2.75, 3.05) is 6.79 Å². The zero-order valence-electron chi connectivity index (χ0n) is 19.8. The molecule has 3 aromatic rings. The zero-order valence-corrected chi connectivity index (χ0v) is 19.8. The second kappa shape index (κ2) is 12.5. The van der Waals surface area contributed by atoms with Gasteiger partial charge in [-0.05, 0) is 48.7 Å². The van der Waals surface area contributed by atoms with Gasteiger partial charge in [0.1, 0.15) is 11.8 Å². The van der Waals surface area contributed by atoms with Crippen LogP contribution in [0.25, 0.3) is 0 Å². The topological polar surface area (TPSA) is 111 Å². The Morgan fingerprint density at radius 2 is 1.66 bits per heavy atom. The predicted molar refractivity (Wildman–Crippen MR) is 130 cm³/mol. The Balaban J connectivity index is 1.84. The van der Waals surface area contributed by atoms with Gasteiger partial charge in [0.25, 0.3) is 5.91 Å². The van der Waals surface area contributed by atoms with E-state index >= 15 is 0 Å². The Kier molecular flexibility index (Phi) is 9.23. The highest BCUT2D eigenvalue weighted by atomic mass is 16.7. The Morgan fingerprint density at radius 1 is 1.00 bits per heavy atom. The number of ether oxygens (including phenoxy) is 3. The molecule has 0 fully saturated rings. The Hall–Kier alpha value is -3.88. The molecule has 0 spiro atoms. The van der Waals surface area contributed by atoms with Crippen molar-refractivity contribution in [3.63, 3.8) is 0 Å². The third kappa shape index (κ3) is 7.05. The molecule has 8 nitrogen and oxygen atoms in total. The Bertz CT molecular complexity index is 1120. The van der Waals surface area contributed by atoms with Crippen LogP contribution < -0.4 is 15.2 Å². The molecule has 2 amide bonds. The number of amides is 2. The molecule has 0 aliphatic heterocycles. The van der Waals surface area contributed by atoms with E-state index in [-0.39, 0.29) is 24.5 Å². The average Bonchev–Trinajstić information content (AvgIpc) is 2.86. The molecule has 0 aromatic heterocycles. The minimum absolute atomic E-state index is 0.0979. The highest BCUT2D eigenvalue weighted by Crippen LogP contribution is 2.35.